The van der Waals surface area contributed by atoms with Crippen molar-refractivity contribution in [2.75, 3.05) is 0 Å². The van der Waals surface area contributed by atoms with E-state index >= 15 is 0 Å². The maximum atomic E-state index is 7.30. The topological polar surface area (TPSA) is 0 Å². The minimum atomic E-state index is -2.49. The Kier molecular flexibility index (Phi) is 11.7. The van der Waals surface area contributed by atoms with Crippen LogP contribution in [0.1, 0.15) is 105 Å². The van der Waals surface area contributed by atoms with Gasteiger partial charge >= 0.3 is 167 Å². The van der Waals surface area contributed by atoms with Crippen LogP contribution in [0.2, 0.25) is 12.3 Å². The molecule has 0 bridgehead atoms. The fourth-order valence-electron chi connectivity index (χ4n) is 5.36. The van der Waals surface area contributed by atoms with Gasteiger partial charge in [0.2, 0.25) is 0 Å². The molecule has 0 amide bonds. The van der Waals surface area contributed by atoms with E-state index in [1.165, 1.54) is 75.1 Å². The van der Waals surface area contributed by atoms with Crippen molar-refractivity contribution >= 4 is 41.6 Å². The molecule has 1 rings (SSSR count). The second-order valence-corrected chi connectivity index (χ2v) is 25.2. The number of hydrogen-bond donors (Lipinski definition) is 0. The van der Waals surface area contributed by atoms with Crippen LogP contribution >= 0.6 is 23.2 Å². The molecule has 3 unspecified atom stereocenters. The predicted molar refractivity (Wildman–Crippen MR) is 115 cm³/mol. The summed E-state index contributed by atoms with van der Waals surface area (Å²) >= 11 is 11.2. The van der Waals surface area contributed by atoms with E-state index in [1.807, 2.05) is 0 Å². The molecule has 24 heavy (non-hydrogen) atoms. The summed E-state index contributed by atoms with van der Waals surface area (Å²) in [6, 6.07) is 0. The van der Waals surface area contributed by atoms with Crippen molar-refractivity contribution < 1.29 is 0 Å². The molecule has 0 N–H and O–H groups in total. The second-order valence-electron chi connectivity index (χ2n) is 8.44. The van der Waals surface area contributed by atoms with Crippen LogP contribution in [-0.2, 0) is 0 Å². The molecule has 1 aliphatic rings. The van der Waals surface area contributed by atoms with E-state index in [1.54, 1.807) is 4.44 Å². The Balaban J connectivity index is 3.20. The Hall–Kier alpha value is 1.38. The number of rotatable bonds is 12. The summed E-state index contributed by atoms with van der Waals surface area (Å²) in [6.07, 6.45) is 16.7. The molecule has 0 aliphatic carbocycles. The van der Waals surface area contributed by atoms with Gasteiger partial charge in [0.1, 0.15) is 0 Å². The first kappa shape index (κ1) is 23.4. The Bertz CT molecular complexity index is 324. The zero-order chi connectivity index (χ0) is 18.1. The van der Waals surface area contributed by atoms with Crippen molar-refractivity contribution in [2.24, 2.45) is 0 Å². The SMILES string of the molecule is CCCC[C]1(CCCC)CCC[CH2][Sn]1([CH2]CCC)[CH](Cl)CC(C)Cl. The molecular formula is C21H42Cl2Sn. The molecule has 1 fully saturated rings. The molecule has 0 nitrogen and oxygen atoms in total. The van der Waals surface area contributed by atoms with Crippen molar-refractivity contribution in [1.29, 1.82) is 0 Å². The van der Waals surface area contributed by atoms with Crippen molar-refractivity contribution in [3.8, 4) is 0 Å². The van der Waals surface area contributed by atoms with Crippen molar-refractivity contribution in [1.82, 2.24) is 0 Å². The zero-order valence-corrected chi connectivity index (χ0v) is 21.2. The molecule has 0 aromatic heterocycles. The van der Waals surface area contributed by atoms with Crippen LogP contribution in [0.25, 0.3) is 0 Å². The molecule has 0 aromatic rings. The molecule has 144 valence electrons. The summed E-state index contributed by atoms with van der Waals surface area (Å²) in [4.78, 5) is 0. The summed E-state index contributed by atoms with van der Waals surface area (Å²) in [5, 5.41) is 0.236. The van der Waals surface area contributed by atoms with Crippen LogP contribution in [0.3, 0.4) is 0 Å². The first-order valence-corrected chi connectivity index (χ1v) is 18.7. The molecule has 0 aromatic carbocycles. The predicted octanol–water partition coefficient (Wildman–Crippen LogP) is 8.70. The number of hydrogen-bond acceptors (Lipinski definition) is 0. The van der Waals surface area contributed by atoms with Gasteiger partial charge in [-0.25, -0.2) is 0 Å². The summed E-state index contributed by atoms with van der Waals surface area (Å²) in [7, 11) is 0. The van der Waals surface area contributed by atoms with Crippen LogP contribution in [0.5, 0.6) is 0 Å². The number of halogens is 2. The van der Waals surface area contributed by atoms with Gasteiger partial charge in [-0.1, -0.05) is 0 Å². The van der Waals surface area contributed by atoms with E-state index in [4.69, 9.17) is 23.2 Å². The van der Waals surface area contributed by atoms with Crippen LogP contribution in [-0.4, -0.2) is 27.1 Å². The summed E-state index contributed by atoms with van der Waals surface area (Å²) in [6.45, 7) is 9.23. The van der Waals surface area contributed by atoms with Gasteiger partial charge < -0.3 is 0 Å². The third kappa shape index (κ3) is 5.94. The Labute approximate surface area is 166 Å². The molecule has 1 heterocycles. The van der Waals surface area contributed by atoms with Crippen LogP contribution in [0, 0.1) is 0 Å². The van der Waals surface area contributed by atoms with E-state index in [2.05, 4.69) is 27.7 Å². The van der Waals surface area contributed by atoms with E-state index < -0.39 is 18.4 Å². The van der Waals surface area contributed by atoms with Gasteiger partial charge in [0.25, 0.3) is 0 Å². The standard InChI is InChI=1S/C13H26.C4H7Cl2.C4H9.Sn/c1-4-7-10-13(11-8-5-2)12-9-6-3;1-4(6)2-3-5;1-3-4-2;/h1,4-12H2,2-3H3;3-4H,2H2,1H3;1,3-4H2,2H3;. The zero-order valence-electron chi connectivity index (χ0n) is 16.8. The molecule has 0 spiro atoms. The first-order valence-electron chi connectivity index (χ1n) is 10.8. The summed E-state index contributed by atoms with van der Waals surface area (Å²) in [5.41, 5.74) is 0. The monoisotopic (exact) mass is 484 g/mol. The van der Waals surface area contributed by atoms with Crippen molar-refractivity contribution in [2.45, 2.75) is 126 Å². The van der Waals surface area contributed by atoms with Gasteiger partial charge in [-0.05, 0) is 0 Å². The minimum absolute atomic E-state index is 0.236. The normalized spacial score (nSPS) is 26.2. The van der Waals surface area contributed by atoms with Crippen molar-refractivity contribution in [3.63, 3.8) is 0 Å². The Morgan fingerprint density at radius 2 is 1.50 bits per heavy atom. The Morgan fingerprint density at radius 3 is 2.00 bits per heavy atom. The molecule has 3 heteroatoms. The van der Waals surface area contributed by atoms with Crippen molar-refractivity contribution in [3.05, 3.63) is 0 Å². The van der Waals surface area contributed by atoms with Crippen LogP contribution < -0.4 is 0 Å². The average molecular weight is 484 g/mol. The van der Waals surface area contributed by atoms with Crippen LogP contribution in [0.4, 0.5) is 0 Å². The van der Waals surface area contributed by atoms with E-state index in [-0.39, 0.29) is 5.38 Å². The number of unbranched alkanes of at least 4 members (excludes halogenated alkanes) is 3. The molecule has 3 atom stereocenters. The average Bonchev–Trinajstić information content (AvgIpc) is 2.56. The van der Waals surface area contributed by atoms with Crippen LogP contribution in [0.15, 0.2) is 0 Å². The van der Waals surface area contributed by atoms with E-state index in [9.17, 15) is 0 Å². The van der Waals surface area contributed by atoms with Gasteiger partial charge in [-0.15, -0.1) is 0 Å². The molecule has 1 aliphatic heterocycles. The third-order valence-electron chi connectivity index (χ3n) is 6.71. The molecule has 1 saturated heterocycles. The fraction of sp³-hybridized carbons (Fsp3) is 1.00. The Morgan fingerprint density at radius 1 is 0.917 bits per heavy atom. The van der Waals surface area contributed by atoms with Gasteiger partial charge in [0.15, 0.2) is 0 Å². The van der Waals surface area contributed by atoms with Gasteiger partial charge in [-0.3, -0.25) is 0 Å². The van der Waals surface area contributed by atoms with E-state index in [0.717, 1.165) is 6.42 Å². The summed E-state index contributed by atoms with van der Waals surface area (Å²) in [5.74, 6) is 0. The first-order chi connectivity index (χ1) is 11.5. The fourth-order valence-corrected chi connectivity index (χ4v) is 30.2. The summed E-state index contributed by atoms with van der Waals surface area (Å²) < 4.78 is 4.19. The third-order valence-corrected chi connectivity index (χ3v) is 29.2. The molecule has 0 radical (unpaired) electrons. The quantitative estimate of drug-likeness (QED) is 0.192. The van der Waals surface area contributed by atoms with Gasteiger partial charge in [0, 0.05) is 0 Å². The molecule has 0 saturated carbocycles. The van der Waals surface area contributed by atoms with Gasteiger partial charge in [-0.2, -0.15) is 0 Å². The van der Waals surface area contributed by atoms with E-state index in [0.29, 0.717) is 6.82 Å². The van der Waals surface area contributed by atoms with Gasteiger partial charge in [0.05, 0.1) is 0 Å². The second kappa shape index (κ2) is 12.0. The molecular weight excluding hydrogens is 442 g/mol. The maximum absolute atomic E-state index is 7.30. The number of alkyl halides is 2.